The number of rotatable bonds is 1. The predicted molar refractivity (Wildman–Crippen MR) is 68.0 cm³/mol. The highest BCUT2D eigenvalue weighted by Gasteiger charge is 2.10. The molecule has 1 aromatic carbocycles. The minimum atomic E-state index is 0.264. The van der Waals surface area contributed by atoms with E-state index in [2.05, 4.69) is 4.98 Å². The van der Waals surface area contributed by atoms with E-state index in [9.17, 15) is 5.11 Å². The van der Waals surface area contributed by atoms with Gasteiger partial charge < -0.3 is 5.11 Å². The Balaban J connectivity index is 2.21. The van der Waals surface area contributed by atoms with E-state index in [-0.39, 0.29) is 5.75 Å². The Labute approximate surface area is 99.5 Å². The molecule has 2 aliphatic rings. The van der Waals surface area contributed by atoms with Crippen molar-refractivity contribution in [2.75, 3.05) is 0 Å². The molecule has 82 valence electrons. The third-order valence-electron chi connectivity index (χ3n) is 2.76. The summed E-state index contributed by atoms with van der Waals surface area (Å²) in [6.07, 6.45) is 0. The van der Waals surface area contributed by atoms with Gasteiger partial charge in [0.25, 0.3) is 0 Å². The Kier molecular flexibility index (Phi) is 2.26. The van der Waals surface area contributed by atoms with Gasteiger partial charge in [0.05, 0.1) is 11.4 Å². The summed E-state index contributed by atoms with van der Waals surface area (Å²) in [5.41, 5.74) is 3.59. The van der Waals surface area contributed by atoms with E-state index in [1.807, 2.05) is 54.6 Å². The number of para-hydroxylation sites is 1. The number of phenolic OH excluding ortho intramolecular Hbond substituents is 1. The minimum absolute atomic E-state index is 0.264. The van der Waals surface area contributed by atoms with E-state index < -0.39 is 0 Å². The first-order valence-corrected chi connectivity index (χ1v) is 5.49. The fourth-order valence-electron chi connectivity index (χ4n) is 1.91. The van der Waals surface area contributed by atoms with E-state index in [0.29, 0.717) is 0 Å². The van der Waals surface area contributed by atoms with Crippen LogP contribution in [0.4, 0.5) is 0 Å². The zero-order valence-electron chi connectivity index (χ0n) is 9.17. The standard InChI is InChI=1S/C15H11NO/c17-15-9-5-4-7-12(15)14-10-11-6-2-1-3-8-13(11)16-14/h1-10,17H. The van der Waals surface area contributed by atoms with Crippen molar-refractivity contribution in [1.82, 2.24) is 4.98 Å². The molecule has 0 saturated carbocycles. The average molecular weight is 221 g/mol. The molecule has 0 spiro atoms. The Hall–Kier alpha value is -2.35. The molecule has 0 radical (unpaired) electrons. The predicted octanol–water partition coefficient (Wildman–Crippen LogP) is 3.56. The van der Waals surface area contributed by atoms with Crippen LogP contribution < -0.4 is 0 Å². The second-order valence-electron chi connectivity index (χ2n) is 3.91. The molecule has 2 heteroatoms. The van der Waals surface area contributed by atoms with Crippen molar-refractivity contribution in [2.24, 2.45) is 0 Å². The normalized spacial score (nSPS) is 10.6. The van der Waals surface area contributed by atoms with Crippen LogP contribution in [0.5, 0.6) is 5.75 Å². The molecule has 1 heterocycles. The van der Waals surface area contributed by atoms with Crippen molar-refractivity contribution in [3.63, 3.8) is 0 Å². The zero-order chi connectivity index (χ0) is 11.7. The number of nitrogens with zero attached hydrogens (tertiary/aromatic N) is 1. The second kappa shape index (κ2) is 3.91. The summed E-state index contributed by atoms with van der Waals surface area (Å²) in [6.45, 7) is 0. The Bertz CT molecular complexity index is 603. The summed E-state index contributed by atoms with van der Waals surface area (Å²) in [4.78, 5) is 4.52. The number of hydrogen-bond acceptors (Lipinski definition) is 2. The van der Waals surface area contributed by atoms with Crippen molar-refractivity contribution in [3.8, 4) is 28.3 Å². The van der Waals surface area contributed by atoms with Gasteiger partial charge in [-0.25, -0.2) is 4.98 Å². The van der Waals surface area contributed by atoms with Crippen molar-refractivity contribution >= 4 is 0 Å². The van der Waals surface area contributed by atoms with Crippen LogP contribution in [-0.4, -0.2) is 10.1 Å². The van der Waals surface area contributed by atoms with Crippen molar-refractivity contribution in [3.05, 3.63) is 60.7 Å². The Morgan fingerprint density at radius 3 is 2.41 bits per heavy atom. The Morgan fingerprint density at radius 2 is 1.53 bits per heavy atom. The first-order valence-electron chi connectivity index (χ1n) is 5.49. The van der Waals surface area contributed by atoms with Gasteiger partial charge in [0, 0.05) is 11.1 Å². The van der Waals surface area contributed by atoms with Gasteiger partial charge in [-0.15, -0.1) is 0 Å². The van der Waals surface area contributed by atoms with Gasteiger partial charge in [-0.2, -0.15) is 0 Å². The van der Waals surface area contributed by atoms with Crippen molar-refractivity contribution < 1.29 is 5.11 Å². The highest BCUT2D eigenvalue weighted by molar-refractivity contribution is 5.75. The van der Waals surface area contributed by atoms with Crippen LogP contribution in [0, 0.1) is 0 Å². The van der Waals surface area contributed by atoms with Gasteiger partial charge in [-0.05, 0) is 24.3 Å². The second-order valence-corrected chi connectivity index (χ2v) is 3.91. The van der Waals surface area contributed by atoms with Crippen LogP contribution in [-0.2, 0) is 0 Å². The summed E-state index contributed by atoms with van der Waals surface area (Å²) in [6, 6.07) is 19.2. The summed E-state index contributed by atoms with van der Waals surface area (Å²) < 4.78 is 0. The van der Waals surface area contributed by atoms with Crippen LogP contribution in [0.2, 0.25) is 0 Å². The summed E-state index contributed by atoms with van der Waals surface area (Å²) in [5.74, 6) is 0.264. The third kappa shape index (κ3) is 1.74. The maximum Gasteiger partial charge on any atom is 0.124 e. The lowest BCUT2D eigenvalue weighted by atomic mass is 10.1. The fourth-order valence-corrected chi connectivity index (χ4v) is 1.91. The topological polar surface area (TPSA) is 33.1 Å². The molecule has 0 fully saturated rings. The average Bonchev–Trinajstić information content (AvgIpc) is 2.61. The lowest BCUT2D eigenvalue weighted by molar-refractivity contribution is 0.477. The number of aromatic hydroxyl groups is 1. The molecule has 1 aliphatic heterocycles. The highest BCUT2D eigenvalue weighted by atomic mass is 16.3. The number of hydrogen-bond donors (Lipinski definition) is 1. The van der Waals surface area contributed by atoms with Gasteiger partial charge in [0.15, 0.2) is 0 Å². The largest absolute Gasteiger partial charge is 0.507 e. The SMILES string of the molecule is Oc1ccccc1-c1cc2cccccc-2n1. The first-order chi connectivity index (χ1) is 8.34. The molecule has 3 rings (SSSR count). The van der Waals surface area contributed by atoms with E-state index >= 15 is 0 Å². The maximum atomic E-state index is 9.80. The van der Waals surface area contributed by atoms with E-state index in [0.717, 1.165) is 22.5 Å². The molecule has 0 unspecified atom stereocenters. The van der Waals surface area contributed by atoms with Crippen LogP contribution in [0.25, 0.3) is 22.5 Å². The highest BCUT2D eigenvalue weighted by Crippen LogP contribution is 2.32. The molecular formula is C15H11NO. The quantitative estimate of drug-likeness (QED) is 0.681. The maximum absolute atomic E-state index is 9.80. The summed E-state index contributed by atoms with van der Waals surface area (Å²) in [5, 5.41) is 9.80. The number of benzene rings is 1. The van der Waals surface area contributed by atoms with E-state index in [1.54, 1.807) is 6.07 Å². The molecule has 17 heavy (non-hydrogen) atoms. The lowest BCUT2D eigenvalue weighted by Gasteiger charge is -1.98. The minimum Gasteiger partial charge on any atom is -0.507 e. The molecule has 0 atom stereocenters. The number of phenols is 1. The Morgan fingerprint density at radius 1 is 0.765 bits per heavy atom. The smallest absolute Gasteiger partial charge is 0.124 e. The number of fused-ring (bicyclic) bond motifs is 1. The van der Waals surface area contributed by atoms with Crippen LogP contribution in [0.3, 0.4) is 0 Å². The summed E-state index contributed by atoms with van der Waals surface area (Å²) in [7, 11) is 0. The van der Waals surface area contributed by atoms with E-state index in [4.69, 9.17) is 0 Å². The van der Waals surface area contributed by atoms with Gasteiger partial charge in [-0.1, -0.05) is 36.4 Å². The van der Waals surface area contributed by atoms with Crippen LogP contribution >= 0.6 is 0 Å². The summed E-state index contributed by atoms with van der Waals surface area (Å²) >= 11 is 0. The third-order valence-corrected chi connectivity index (χ3v) is 2.76. The zero-order valence-corrected chi connectivity index (χ0v) is 9.17. The van der Waals surface area contributed by atoms with Gasteiger partial charge >= 0.3 is 0 Å². The molecule has 1 aliphatic carbocycles. The molecule has 0 amide bonds. The van der Waals surface area contributed by atoms with Crippen molar-refractivity contribution in [1.29, 1.82) is 0 Å². The van der Waals surface area contributed by atoms with Gasteiger partial charge in [-0.3, -0.25) is 0 Å². The van der Waals surface area contributed by atoms with Crippen LogP contribution in [0.15, 0.2) is 60.7 Å². The monoisotopic (exact) mass is 221 g/mol. The molecule has 1 aromatic rings. The van der Waals surface area contributed by atoms with Gasteiger partial charge in [0.1, 0.15) is 5.75 Å². The molecule has 1 N–H and O–H groups in total. The first kappa shape index (κ1) is 9.85. The molecule has 2 nitrogen and oxygen atoms in total. The molecule has 0 bridgehead atoms. The molecular weight excluding hydrogens is 210 g/mol. The lowest BCUT2D eigenvalue weighted by Crippen LogP contribution is -1.77. The van der Waals surface area contributed by atoms with E-state index in [1.165, 1.54) is 0 Å². The number of aromatic nitrogens is 1. The van der Waals surface area contributed by atoms with Crippen LogP contribution in [0.1, 0.15) is 0 Å². The molecule has 0 saturated heterocycles. The fraction of sp³-hybridized carbons (Fsp3) is 0. The van der Waals surface area contributed by atoms with Gasteiger partial charge in [0.2, 0.25) is 0 Å². The van der Waals surface area contributed by atoms with Crippen molar-refractivity contribution in [2.45, 2.75) is 0 Å². The molecule has 0 aromatic heterocycles.